The van der Waals surface area contributed by atoms with E-state index in [1.54, 1.807) is 30.3 Å². The maximum absolute atomic E-state index is 11.1. The highest BCUT2D eigenvalue weighted by molar-refractivity contribution is 6.04. The van der Waals surface area contributed by atoms with Crippen LogP contribution < -0.4 is 4.74 Å². The van der Waals surface area contributed by atoms with Crippen LogP contribution in [-0.2, 0) is 4.79 Å². The molecule has 0 spiro atoms. The lowest BCUT2D eigenvalue weighted by molar-refractivity contribution is -0.131. The Hall–Kier alpha value is -2.36. The van der Waals surface area contributed by atoms with Crippen LogP contribution in [0, 0.1) is 0 Å². The predicted octanol–water partition coefficient (Wildman–Crippen LogP) is 2.46. The molecule has 0 aliphatic rings. The Morgan fingerprint density at radius 3 is 2.53 bits per heavy atom. The van der Waals surface area contributed by atoms with E-state index in [0.717, 1.165) is 5.39 Å². The molecule has 4 heteroatoms. The number of carbonyl (C=O) groups is 2. The van der Waals surface area contributed by atoms with Crippen LogP contribution in [0.4, 0.5) is 0 Å². The number of esters is 1. The van der Waals surface area contributed by atoms with Crippen LogP contribution in [-0.4, -0.2) is 17.0 Å². The van der Waals surface area contributed by atoms with Crippen LogP contribution in [0.15, 0.2) is 36.4 Å². The zero-order chi connectivity index (χ0) is 12.4. The molecule has 2 aromatic carbocycles. The topological polar surface area (TPSA) is 63.6 Å². The minimum Gasteiger partial charge on any atom is -0.478 e. The molecule has 1 N–H and O–H groups in total. The van der Waals surface area contributed by atoms with Crippen LogP contribution in [0.1, 0.15) is 17.3 Å². The van der Waals surface area contributed by atoms with Gasteiger partial charge in [-0.1, -0.05) is 24.3 Å². The van der Waals surface area contributed by atoms with Gasteiger partial charge in [-0.2, -0.15) is 0 Å². The molecule has 0 aromatic heterocycles. The number of carboxylic acids is 1. The van der Waals surface area contributed by atoms with Crippen LogP contribution >= 0.6 is 0 Å². The van der Waals surface area contributed by atoms with E-state index in [1.165, 1.54) is 13.0 Å². The van der Waals surface area contributed by atoms with E-state index in [4.69, 9.17) is 9.84 Å². The SMILES string of the molecule is CC(=O)Oc1cc(C(=O)O)c2ccccc2c1. The maximum Gasteiger partial charge on any atom is 0.336 e. The molecule has 0 aliphatic carbocycles. The summed E-state index contributed by atoms with van der Waals surface area (Å²) in [6.45, 7) is 1.27. The molecular weight excluding hydrogens is 220 g/mol. The second kappa shape index (κ2) is 4.25. The Labute approximate surface area is 97.4 Å². The second-order valence-electron chi connectivity index (χ2n) is 3.59. The molecule has 2 rings (SSSR count). The monoisotopic (exact) mass is 230 g/mol. The average molecular weight is 230 g/mol. The molecule has 0 unspecified atom stereocenters. The summed E-state index contributed by atoms with van der Waals surface area (Å²) in [6.07, 6.45) is 0. The van der Waals surface area contributed by atoms with Crippen molar-refractivity contribution in [1.82, 2.24) is 0 Å². The van der Waals surface area contributed by atoms with Crippen molar-refractivity contribution in [2.24, 2.45) is 0 Å². The predicted molar refractivity (Wildman–Crippen MR) is 62.2 cm³/mol. The molecule has 0 aliphatic heterocycles. The number of hydrogen-bond acceptors (Lipinski definition) is 3. The highest BCUT2D eigenvalue weighted by Crippen LogP contribution is 2.25. The minimum absolute atomic E-state index is 0.124. The van der Waals surface area contributed by atoms with Gasteiger partial charge in [0.25, 0.3) is 0 Å². The summed E-state index contributed by atoms with van der Waals surface area (Å²) >= 11 is 0. The zero-order valence-corrected chi connectivity index (χ0v) is 9.14. The van der Waals surface area contributed by atoms with E-state index in [-0.39, 0.29) is 11.3 Å². The fraction of sp³-hybridized carbons (Fsp3) is 0.0769. The molecule has 0 atom stereocenters. The van der Waals surface area contributed by atoms with Gasteiger partial charge in [-0.3, -0.25) is 4.79 Å². The van der Waals surface area contributed by atoms with Crippen LogP contribution in [0.2, 0.25) is 0 Å². The molecule has 0 radical (unpaired) electrons. The largest absolute Gasteiger partial charge is 0.478 e. The first-order chi connectivity index (χ1) is 8.08. The number of benzene rings is 2. The molecule has 0 fully saturated rings. The quantitative estimate of drug-likeness (QED) is 0.635. The zero-order valence-electron chi connectivity index (χ0n) is 9.14. The van der Waals surface area contributed by atoms with Gasteiger partial charge < -0.3 is 9.84 Å². The minimum atomic E-state index is -1.05. The van der Waals surface area contributed by atoms with Crippen molar-refractivity contribution in [3.63, 3.8) is 0 Å². The first-order valence-electron chi connectivity index (χ1n) is 5.02. The van der Waals surface area contributed by atoms with Gasteiger partial charge in [0.2, 0.25) is 0 Å². The third kappa shape index (κ3) is 2.25. The number of aromatic carboxylic acids is 1. The molecule has 0 saturated carbocycles. The normalized spacial score (nSPS) is 10.2. The first kappa shape index (κ1) is 11.1. The van der Waals surface area contributed by atoms with Crippen molar-refractivity contribution in [3.05, 3.63) is 42.0 Å². The van der Waals surface area contributed by atoms with Crippen molar-refractivity contribution in [2.45, 2.75) is 6.92 Å². The van der Waals surface area contributed by atoms with E-state index in [1.807, 2.05) is 0 Å². The number of hydrogen-bond donors (Lipinski definition) is 1. The number of rotatable bonds is 2. The lowest BCUT2D eigenvalue weighted by atomic mass is 10.0. The van der Waals surface area contributed by atoms with Crippen LogP contribution in [0.5, 0.6) is 5.75 Å². The molecule has 2 aromatic rings. The summed E-state index contributed by atoms with van der Waals surface area (Å²) in [5, 5.41) is 10.4. The van der Waals surface area contributed by atoms with Crippen molar-refractivity contribution in [2.75, 3.05) is 0 Å². The van der Waals surface area contributed by atoms with Gasteiger partial charge in [0.05, 0.1) is 5.56 Å². The Morgan fingerprint density at radius 2 is 1.88 bits per heavy atom. The van der Waals surface area contributed by atoms with Crippen molar-refractivity contribution in [1.29, 1.82) is 0 Å². The summed E-state index contributed by atoms with van der Waals surface area (Å²) in [5.41, 5.74) is 0.124. The highest BCUT2D eigenvalue weighted by Gasteiger charge is 2.11. The van der Waals surface area contributed by atoms with E-state index < -0.39 is 11.9 Å². The molecule has 0 amide bonds. The summed E-state index contributed by atoms with van der Waals surface area (Å²) < 4.78 is 4.91. The van der Waals surface area contributed by atoms with Crippen LogP contribution in [0.3, 0.4) is 0 Å². The Morgan fingerprint density at radius 1 is 1.18 bits per heavy atom. The Balaban J connectivity index is 2.67. The van der Waals surface area contributed by atoms with Gasteiger partial charge in [-0.15, -0.1) is 0 Å². The molecule has 17 heavy (non-hydrogen) atoms. The first-order valence-corrected chi connectivity index (χ1v) is 5.02. The van der Waals surface area contributed by atoms with E-state index in [0.29, 0.717) is 5.39 Å². The number of carbonyl (C=O) groups excluding carboxylic acids is 1. The molecular formula is C13H10O4. The van der Waals surface area contributed by atoms with Gasteiger partial charge >= 0.3 is 11.9 Å². The van der Waals surface area contributed by atoms with Crippen molar-refractivity contribution >= 4 is 22.7 Å². The highest BCUT2D eigenvalue weighted by atomic mass is 16.5. The summed E-state index contributed by atoms with van der Waals surface area (Å²) in [6, 6.07) is 10.0. The molecule has 0 bridgehead atoms. The van der Waals surface area contributed by atoms with Crippen molar-refractivity contribution in [3.8, 4) is 5.75 Å². The standard InChI is InChI=1S/C13H10O4/c1-8(14)17-10-6-9-4-2-3-5-11(9)12(7-10)13(15)16/h2-7H,1H3,(H,15,16). The fourth-order valence-corrected chi connectivity index (χ4v) is 1.68. The summed E-state index contributed by atoms with van der Waals surface area (Å²) in [7, 11) is 0. The second-order valence-corrected chi connectivity index (χ2v) is 3.59. The van der Waals surface area contributed by atoms with Gasteiger partial charge in [0.15, 0.2) is 0 Å². The van der Waals surface area contributed by atoms with E-state index >= 15 is 0 Å². The Bertz CT molecular complexity index is 601. The van der Waals surface area contributed by atoms with Gasteiger partial charge in [0.1, 0.15) is 5.75 Å². The molecule has 4 nitrogen and oxygen atoms in total. The number of fused-ring (bicyclic) bond motifs is 1. The maximum atomic E-state index is 11.1. The summed E-state index contributed by atoms with van der Waals surface area (Å²) in [4.78, 5) is 22.0. The number of carboxylic acid groups (broad SMARTS) is 1. The number of ether oxygens (including phenoxy) is 1. The third-order valence-electron chi connectivity index (χ3n) is 2.33. The summed E-state index contributed by atoms with van der Waals surface area (Å²) in [5.74, 6) is -1.28. The lowest BCUT2D eigenvalue weighted by Gasteiger charge is -2.06. The lowest BCUT2D eigenvalue weighted by Crippen LogP contribution is -2.04. The fourth-order valence-electron chi connectivity index (χ4n) is 1.68. The molecule has 0 saturated heterocycles. The van der Waals surface area contributed by atoms with Gasteiger partial charge in [0, 0.05) is 6.92 Å². The van der Waals surface area contributed by atoms with Crippen LogP contribution in [0.25, 0.3) is 10.8 Å². The Kier molecular flexibility index (Phi) is 2.78. The smallest absolute Gasteiger partial charge is 0.336 e. The van der Waals surface area contributed by atoms with Crippen molar-refractivity contribution < 1.29 is 19.4 Å². The third-order valence-corrected chi connectivity index (χ3v) is 2.33. The molecule has 0 heterocycles. The van der Waals surface area contributed by atoms with Gasteiger partial charge in [-0.25, -0.2) is 4.79 Å². The van der Waals surface area contributed by atoms with E-state index in [2.05, 4.69) is 0 Å². The average Bonchev–Trinajstić information content (AvgIpc) is 2.27. The van der Waals surface area contributed by atoms with Gasteiger partial charge in [-0.05, 0) is 22.9 Å². The van der Waals surface area contributed by atoms with E-state index in [9.17, 15) is 9.59 Å². The molecule has 86 valence electrons.